The lowest BCUT2D eigenvalue weighted by Gasteiger charge is -2.15. The monoisotopic (exact) mass is 371 g/mol. The van der Waals surface area contributed by atoms with Crippen molar-refractivity contribution in [1.82, 2.24) is 14.6 Å². The first kappa shape index (κ1) is 14.0. The number of rotatable bonds is 4. The van der Waals surface area contributed by atoms with Gasteiger partial charge in [0.25, 0.3) is 5.91 Å². The molecule has 0 aliphatic rings. The van der Waals surface area contributed by atoms with E-state index in [1.54, 1.807) is 19.3 Å². The molecule has 0 fully saturated rings. The summed E-state index contributed by atoms with van der Waals surface area (Å²) in [5.41, 5.74) is 1.66. The number of halogens is 1. The molecular weight excluding hydrogens is 357 g/mol. The van der Waals surface area contributed by atoms with Crippen molar-refractivity contribution >= 4 is 28.5 Å². The molecule has 19 heavy (non-hydrogen) atoms. The number of carbonyl (C=O) groups is 1. The maximum absolute atomic E-state index is 12.1. The predicted molar refractivity (Wildman–Crippen MR) is 79.6 cm³/mol. The van der Waals surface area contributed by atoms with Crippen LogP contribution < -0.4 is 0 Å². The van der Waals surface area contributed by atoms with Crippen LogP contribution in [0.2, 0.25) is 0 Å². The summed E-state index contributed by atoms with van der Waals surface area (Å²) in [5, 5.41) is 1.21. The third-order valence-corrected chi connectivity index (χ3v) is 3.76. The number of amides is 1. The Kier molecular flexibility index (Phi) is 4.54. The average molecular weight is 371 g/mol. The van der Waals surface area contributed by atoms with Gasteiger partial charge < -0.3 is 4.57 Å². The fraction of sp³-hybridized carbons (Fsp3) is 0.231. The lowest BCUT2D eigenvalue weighted by atomic mass is 10.3. The molecule has 2 rings (SSSR count). The van der Waals surface area contributed by atoms with Gasteiger partial charge in [-0.05, 0) is 40.8 Å². The Morgan fingerprint density at radius 1 is 1.47 bits per heavy atom. The standard InChI is InChI=1S/C13H14IN3O2/c1-16(19-2)13(18)11-6-4-8-17(11)9-10-5-3-7-15-12(10)14/h3-8H,9H2,1-2H3. The predicted octanol–water partition coefficient (Wildman–Crippen LogP) is 2.17. The van der Waals surface area contributed by atoms with Gasteiger partial charge in [-0.3, -0.25) is 9.63 Å². The van der Waals surface area contributed by atoms with Crippen LogP contribution >= 0.6 is 22.6 Å². The summed E-state index contributed by atoms with van der Waals surface area (Å²) in [6, 6.07) is 7.52. The molecule has 2 aromatic heterocycles. The van der Waals surface area contributed by atoms with E-state index in [4.69, 9.17) is 4.84 Å². The van der Waals surface area contributed by atoms with Gasteiger partial charge in [0.05, 0.1) is 13.7 Å². The molecular formula is C13H14IN3O2. The normalized spacial score (nSPS) is 10.5. The van der Waals surface area contributed by atoms with Gasteiger partial charge >= 0.3 is 0 Å². The number of hydrogen-bond acceptors (Lipinski definition) is 3. The molecule has 0 spiro atoms. The first-order valence-corrected chi connectivity index (χ1v) is 6.78. The highest BCUT2D eigenvalue weighted by Crippen LogP contribution is 2.13. The van der Waals surface area contributed by atoms with Crippen LogP contribution in [0.3, 0.4) is 0 Å². The zero-order valence-corrected chi connectivity index (χ0v) is 12.9. The molecule has 0 radical (unpaired) electrons. The molecule has 2 heterocycles. The molecule has 2 aromatic rings. The van der Waals surface area contributed by atoms with E-state index in [0.29, 0.717) is 12.2 Å². The number of carbonyl (C=O) groups excluding carboxylic acids is 1. The van der Waals surface area contributed by atoms with E-state index in [9.17, 15) is 4.79 Å². The molecule has 1 amide bonds. The van der Waals surface area contributed by atoms with Crippen LogP contribution in [0, 0.1) is 3.70 Å². The Labute approximate surface area is 125 Å². The molecule has 5 nitrogen and oxygen atoms in total. The lowest BCUT2D eigenvalue weighted by molar-refractivity contribution is -0.0762. The van der Waals surface area contributed by atoms with Crippen LogP contribution in [-0.2, 0) is 11.4 Å². The molecule has 0 N–H and O–H groups in total. The van der Waals surface area contributed by atoms with Crippen molar-refractivity contribution in [3.63, 3.8) is 0 Å². The quantitative estimate of drug-likeness (QED) is 0.470. The van der Waals surface area contributed by atoms with E-state index >= 15 is 0 Å². The highest BCUT2D eigenvalue weighted by atomic mass is 127. The van der Waals surface area contributed by atoms with Crippen molar-refractivity contribution in [1.29, 1.82) is 0 Å². The van der Waals surface area contributed by atoms with Gasteiger partial charge in [-0.2, -0.15) is 0 Å². The highest BCUT2D eigenvalue weighted by Gasteiger charge is 2.16. The summed E-state index contributed by atoms with van der Waals surface area (Å²) in [6.07, 6.45) is 3.63. The van der Waals surface area contributed by atoms with E-state index in [-0.39, 0.29) is 5.91 Å². The summed E-state index contributed by atoms with van der Waals surface area (Å²) in [7, 11) is 3.06. The fourth-order valence-corrected chi connectivity index (χ4v) is 2.22. The molecule has 0 bridgehead atoms. The van der Waals surface area contributed by atoms with E-state index in [1.807, 2.05) is 29.0 Å². The van der Waals surface area contributed by atoms with Crippen molar-refractivity contribution in [2.45, 2.75) is 6.54 Å². The zero-order chi connectivity index (χ0) is 13.8. The van der Waals surface area contributed by atoms with Crippen molar-refractivity contribution in [3.8, 4) is 0 Å². The largest absolute Gasteiger partial charge is 0.339 e. The van der Waals surface area contributed by atoms with Gasteiger partial charge in [-0.1, -0.05) is 6.07 Å². The minimum Gasteiger partial charge on any atom is -0.339 e. The number of aromatic nitrogens is 2. The molecule has 0 unspecified atom stereocenters. The van der Waals surface area contributed by atoms with Gasteiger partial charge in [0, 0.05) is 25.0 Å². The summed E-state index contributed by atoms with van der Waals surface area (Å²) in [4.78, 5) is 21.3. The molecule has 0 atom stereocenters. The minimum absolute atomic E-state index is 0.175. The van der Waals surface area contributed by atoms with Crippen LogP contribution in [0.5, 0.6) is 0 Å². The SMILES string of the molecule is CON(C)C(=O)c1cccn1Cc1cccnc1I. The van der Waals surface area contributed by atoms with E-state index < -0.39 is 0 Å². The molecule has 0 saturated heterocycles. The topological polar surface area (TPSA) is 47.4 Å². The molecule has 0 aliphatic heterocycles. The second-order valence-corrected chi connectivity index (χ2v) is 4.98. The van der Waals surface area contributed by atoms with Crippen LogP contribution in [0.1, 0.15) is 16.1 Å². The second kappa shape index (κ2) is 6.16. The van der Waals surface area contributed by atoms with Crippen molar-refractivity contribution < 1.29 is 9.63 Å². The fourth-order valence-electron chi connectivity index (χ4n) is 1.71. The summed E-state index contributed by atoms with van der Waals surface area (Å²) >= 11 is 2.19. The maximum Gasteiger partial charge on any atom is 0.293 e. The van der Waals surface area contributed by atoms with E-state index in [2.05, 4.69) is 27.6 Å². The van der Waals surface area contributed by atoms with Crippen LogP contribution in [0.25, 0.3) is 0 Å². The van der Waals surface area contributed by atoms with E-state index in [1.165, 1.54) is 12.2 Å². The number of pyridine rings is 1. The Morgan fingerprint density at radius 3 is 2.95 bits per heavy atom. The van der Waals surface area contributed by atoms with Crippen molar-refractivity contribution in [3.05, 3.63) is 51.6 Å². The second-order valence-electron chi connectivity index (χ2n) is 3.96. The molecule has 100 valence electrons. The lowest BCUT2D eigenvalue weighted by Crippen LogP contribution is -2.27. The van der Waals surface area contributed by atoms with Gasteiger partial charge in [0.2, 0.25) is 0 Å². The number of nitrogens with zero attached hydrogens (tertiary/aromatic N) is 3. The molecule has 0 aromatic carbocycles. The maximum atomic E-state index is 12.1. The van der Waals surface area contributed by atoms with Crippen LogP contribution in [0.4, 0.5) is 0 Å². The summed E-state index contributed by atoms with van der Waals surface area (Å²) in [6.45, 7) is 0.609. The van der Waals surface area contributed by atoms with Crippen molar-refractivity contribution in [2.75, 3.05) is 14.2 Å². The smallest absolute Gasteiger partial charge is 0.293 e. The van der Waals surface area contributed by atoms with E-state index in [0.717, 1.165) is 9.26 Å². The zero-order valence-electron chi connectivity index (χ0n) is 10.7. The molecule has 0 saturated carbocycles. The van der Waals surface area contributed by atoms with Gasteiger partial charge in [-0.25, -0.2) is 10.0 Å². The Bertz CT molecular complexity index is 583. The Morgan fingerprint density at radius 2 is 2.26 bits per heavy atom. The minimum atomic E-state index is -0.175. The summed E-state index contributed by atoms with van der Waals surface area (Å²) in [5.74, 6) is -0.175. The van der Waals surface area contributed by atoms with Crippen LogP contribution in [0.15, 0.2) is 36.7 Å². The first-order valence-electron chi connectivity index (χ1n) is 5.70. The number of hydrogen-bond donors (Lipinski definition) is 0. The first-order chi connectivity index (χ1) is 9.13. The van der Waals surface area contributed by atoms with Gasteiger partial charge in [0.1, 0.15) is 9.39 Å². The number of hydroxylamine groups is 2. The molecule has 6 heteroatoms. The summed E-state index contributed by atoms with van der Waals surface area (Å²) < 4.78 is 2.82. The third kappa shape index (κ3) is 3.13. The molecule has 0 aliphatic carbocycles. The van der Waals surface area contributed by atoms with Crippen molar-refractivity contribution in [2.24, 2.45) is 0 Å². The van der Waals surface area contributed by atoms with Crippen LogP contribution in [-0.4, -0.2) is 34.7 Å². The average Bonchev–Trinajstić information content (AvgIpc) is 2.87. The highest BCUT2D eigenvalue weighted by molar-refractivity contribution is 14.1. The van der Waals surface area contributed by atoms with Gasteiger partial charge in [0.15, 0.2) is 0 Å². The van der Waals surface area contributed by atoms with Gasteiger partial charge in [-0.15, -0.1) is 0 Å². The Balaban J connectivity index is 2.26. The third-order valence-electron chi connectivity index (χ3n) is 2.79. The Hall–Kier alpha value is -1.41.